The van der Waals surface area contributed by atoms with Crippen molar-refractivity contribution < 1.29 is 188 Å². The van der Waals surface area contributed by atoms with Crippen LogP contribution in [0.15, 0.2) is 0 Å². The van der Waals surface area contributed by atoms with Gasteiger partial charge in [0.05, 0.1) is 64.5 Å². The highest BCUT2D eigenvalue weighted by molar-refractivity contribution is 5.76. The lowest BCUT2D eigenvalue weighted by Crippen LogP contribution is -2.71. The summed E-state index contributed by atoms with van der Waals surface area (Å²) in [5.74, 6) is -6.97. The highest BCUT2D eigenvalue weighted by atomic mass is 16.8. The van der Waals surface area contributed by atoms with Crippen molar-refractivity contribution in [2.24, 2.45) is 0 Å². The molecular formula is C51H86N2O38. The predicted octanol–water partition coefficient (Wildman–Crippen LogP) is -15.1. The summed E-state index contributed by atoms with van der Waals surface area (Å²) in [5, 5.41) is 233. The summed E-state index contributed by atoms with van der Waals surface area (Å²) >= 11 is 0. The third kappa shape index (κ3) is 16.2. The number of carbonyl (C=O) groups is 3. The standard InChI is InChI=1S/C51H86N2O38/c1-13-26(64)41(29(67)19(8-56)80-13)89-47-36(74)34(72)39(22(11-59)84-47)86-48-37(75)42(31(69)23(85-48)12-79-46-35(73)33(71)28(66)18(7-55)81-46)88-45-25(53-15(3)61)32(70)38(21(10-58)83-45)87-49-44(78-4)43(30(68)20(9-57)82-49)91-51(50(76)77)5-16(62)24(52-14(2)60)40(90-51)27(65)17(63)6-54/h13,16-49,54-59,62-75H,5-12H2,1-4H3,(H,52,60)(H,53,61)(H,76,77)/t13-,16?,17?,18?,19?,20?,21?,22?,23?,24+,25?,26+,27?,28-,29+,30-,31-,32+,33?,34+,35-,36?,37?,38+,39+,40?,41?,42-,43-,44?,45-,46+,47-,48-,49-,51-/m0/s1. The zero-order valence-electron chi connectivity index (χ0n) is 49.2. The van der Waals surface area contributed by atoms with E-state index in [4.69, 9.17) is 66.3 Å². The Morgan fingerprint density at radius 2 is 0.934 bits per heavy atom. The third-order valence-electron chi connectivity index (χ3n) is 16.8. The Bertz CT molecular complexity index is 2310. The van der Waals surface area contributed by atoms with E-state index in [1.807, 2.05) is 0 Å². The molecule has 91 heavy (non-hydrogen) atoms. The molecule has 7 aliphatic rings. The van der Waals surface area contributed by atoms with Crippen LogP contribution in [-0.2, 0) is 80.7 Å². The third-order valence-corrected chi connectivity index (χ3v) is 16.8. The van der Waals surface area contributed by atoms with Crippen LogP contribution in [0.4, 0.5) is 0 Å². The second-order valence-corrected chi connectivity index (χ2v) is 23.0. The molecule has 0 aromatic heterocycles. The van der Waals surface area contributed by atoms with Gasteiger partial charge in [-0.05, 0) is 6.92 Å². The number of carboxylic acids is 1. The average molecular weight is 1340 g/mol. The van der Waals surface area contributed by atoms with Gasteiger partial charge in [0.15, 0.2) is 31.5 Å². The Balaban J connectivity index is 1.16. The summed E-state index contributed by atoms with van der Waals surface area (Å²) in [5.41, 5.74) is 0. The number of rotatable bonds is 25. The van der Waals surface area contributed by atoms with Gasteiger partial charge in [-0.2, -0.15) is 0 Å². The number of carboxylic acid groups (broad SMARTS) is 1. The molecule has 7 aliphatic heterocycles. The van der Waals surface area contributed by atoms with E-state index < -0.39 is 291 Å². The Kier molecular flexibility index (Phi) is 26.9. The first-order chi connectivity index (χ1) is 43.0. The van der Waals surface area contributed by atoms with Crippen LogP contribution in [0.1, 0.15) is 27.2 Å². The van der Waals surface area contributed by atoms with Crippen LogP contribution >= 0.6 is 0 Å². The lowest BCUT2D eigenvalue weighted by atomic mass is 9.88. The number of nitrogens with one attached hydrogen (secondary N) is 2. The van der Waals surface area contributed by atoms with Crippen molar-refractivity contribution in [2.75, 3.05) is 53.4 Å². The number of aliphatic hydroxyl groups is 20. The van der Waals surface area contributed by atoms with E-state index in [1.54, 1.807) is 0 Å². The Labute approximate surface area is 516 Å². The number of hydrogen-bond acceptors (Lipinski definition) is 37. The Hall–Kier alpha value is -2.95. The fourth-order valence-corrected chi connectivity index (χ4v) is 11.8. The first-order valence-electron chi connectivity index (χ1n) is 29.0. The highest BCUT2D eigenvalue weighted by Crippen LogP contribution is 2.41. The lowest BCUT2D eigenvalue weighted by molar-refractivity contribution is -0.394. The molecule has 0 radical (unpaired) electrons. The largest absolute Gasteiger partial charge is 0.477 e. The van der Waals surface area contributed by atoms with E-state index in [0.29, 0.717) is 0 Å². The van der Waals surface area contributed by atoms with Crippen molar-refractivity contribution in [1.82, 2.24) is 10.6 Å². The summed E-state index contributed by atoms with van der Waals surface area (Å²) in [6.07, 6.45) is -65.4. The normalized spacial score (nSPS) is 48.1. The molecule has 7 saturated heterocycles. The molecule has 7 fully saturated rings. The molecule has 0 bridgehead atoms. The predicted molar refractivity (Wildman–Crippen MR) is 280 cm³/mol. The van der Waals surface area contributed by atoms with Gasteiger partial charge in [0.1, 0.15) is 165 Å². The van der Waals surface area contributed by atoms with Gasteiger partial charge >= 0.3 is 5.97 Å². The molecule has 7 heterocycles. The van der Waals surface area contributed by atoms with E-state index in [0.717, 1.165) is 21.0 Å². The van der Waals surface area contributed by atoms with Gasteiger partial charge in [0.2, 0.25) is 11.8 Å². The number of ether oxygens (including phenoxy) is 14. The zero-order chi connectivity index (χ0) is 67.4. The summed E-state index contributed by atoms with van der Waals surface area (Å²) < 4.78 is 81.1. The van der Waals surface area contributed by atoms with E-state index in [-0.39, 0.29) is 0 Å². The quantitative estimate of drug-likeness (QED) is 0.0404. The van der Waals surface area contributed by atoms with Crippen LogP contribution in [0.5, 0.6) is 0 Å². The minimum Gasteiger partial charge on any atom is -0.477 e. The highest BCUT2D eigenvalue weighted by Gasteiger charge is 2.62. The Morgan fingerprint density at radius 1 is 0.484 bits per heavy atom. The smallest absolute Gasteiger partial charge is 0.364 e. The maximum absolute atomic E-state index is 13.2. The van der Waals surface area contributed by atoms with E-state index in [1.165, 1.54) is 6.92 Å². The van der Waals surface area contributed by atoms with E-state index in [2.05, 4.69) is 10.6 Å². The molecule has 528 valence electrons. The fourth-order valence-electron chi connectivity index (χ4n) is 11.8. The van der Waals surface area contributed by atoms with Crippen molar-refractivity contribution in [3.63, 3.8) is 0 Å². The number of carbonyl (C=O) groups excluding carboxylic acids is 2. The molecule has 0 saturated carbocycles. The van der Waals surface area contributed by atoms with Crippen LogP contribution in [0.3, 0.4) is 0 Å². The number of aliphatic hydroxyl groups excluding tert-OH is 20. The van der Waals surface area contributed by atoms with Crippen molar-refractivity contribution in [3.8, 4) is 0 Å². The molecule has 16 unspecified atom stereocenters. The summed E-state index contributed by atoms with van der Waals surface area (Å²) in [6, 6.07) is -3.61. The van der Waals surface area contributed by atoms with Gasteiger partial charge in [-0.1, -0.05) is 0 Å². The average Bonchev–Trinajstić information content (AvgIpc) is 0.766. The monoisotopic (exact) mass is 1330 g/mol. The molecular weight excluding hydrogens is 1250 g/mol. The molecule has 0 aliphatic carbocycles. The molecule has 40 nitrogen and oxygen atoms in total. The van der Waals surface area contributed by atoms with Gasteiger partial charge in [-0.15, -0.1) is 0 Å². The SMILES string of the molecule is COC1[C@H](O[C@@H]2C(CO)O[C@@H](O[C@@H]3C(O)[C@H](O[C@@H]4C(CO)O[C@@H](OC5[C@H](O)C(CO)O[C@@H](C)[C@H]5O)C(O)[C@H]4O)OC(CO[C@@H]4OC(CO)[C@H](O)C(O)[C@@H]4O)[C@@H]3O)C(NC(C)=O)[C@H]2O)OC(CO)[C@H](O)[C@@H]1O[C@]1(C(=O)O)CC(O)[C@@H](NC(C)=O)C(C(O)C(O)CO)O1. The number of aliphatic carboxylic acids is 1. The molecule has 0 aromatic rings. The van der Waals surface area contributed by atoms with Gasteiger partial charge in [-0.3, -0.25) is 9.59 Å². The first kappa shape index (κ1) is 75.4. The van der Waals surface area contributed by atoms with Gasteiger partial charge in [0, 0.05) is 27.4 Å². The topological polar surface area (TPSA) is 629 Å². The van der Waals surface area contributed by atoms with Gasteiger partial charge < -0.3 is 184 Å². The molecule has 2 amide bonds. The van der Waals surface area contributed by atoms with Crippen molar-refractivity contribution in [1.29, 1.82) is 0 Å². The van der Waals surface area contributed by atoms with Crippen molar-refractivity contribution in [3.05, 3.63) is 0 Å². The molecule has 40 heteroatoms. The molecule has 36 atom stereocenters. The van der Waals surface area contributed by atoms with Crippen molar-refractivity contribution in [2.45, 2.75) is 247 Å². The zero-order valence-corrected chi connectivity index (χ0v) is 49.2. The van der Waals surface area contributed by atoms with E-state index in [9.17, 15) is 122 Å². The molecule has 23 N–H and O–H groups in total. The molecule has 0 spiro atoms. The second kappa shape index (κ2) is 32.4. The maximum Gasteiger partial charge on any atom is 0.364 e. The van der Waals surface area contributed by atoms with Gasteiger partial charge in [0.25, 0.3) is 5.79 Å². The van der Waals surface area contributed by atoms with Crippen LogP contribution in [0.2, 0.25) is 0 Å². The van der Waals surface area contributed by atoms with Crippen LogP contribution in [-0.4, -0.2) is 399 Å². The maximum atomic E-state index is 13.2. The second-order valence-electron chi connectivity index (χ2n) is 23.0. The summed E-state index contributed by atoms with van der Waals surface area (Å²) in [6.45, 7) is -3.78. The molecule has 0 aromatic carbocycles. The molecule has 7 rings (SSSR count). The van der Waals surface area contributed by atoms with Crippen LogP contribution < -0.4 is 10.6 Å². The van der Waals surface area contributed by atoms with Gasteiger partial charge in [-0.25, -0.2) is 4.79 Å². The Morgan fingerprint density at radius 3 is 1.51 bits per heavy atom. The number of methoxy groups -OCH3 is 1. The van der Waals surface area contributed by atoms with Crippen LogP contribution in [0, 0.1) is 0 Å². The van der Waals surface area contributed by atoms with E-state index >= 15 is 0 Å². The minimum absolute atomic E-state index is 0.741. The summed E-state index contributed by atoms with van der Waals surface area (Å²) in [4.78, 5) is 38.4. The number of hydrogen-bond donors (Lipinski definition) is 23. The van der Waals surface area contributed by atoms with Crippen molar-refractivity contribution >= 4 is 17.8 Å². The minimum atomic E-state index is -3.16. The summed E-state index contributed by atoms with van der Waals surface area (Å²) in [7, 11) is 0.957. The number of amides is 2. The first-order valence-corrected chi connectivity index (χ1v) is 29.0. The lowest BCUT2D eigenvalue weighted by Gasteiger charge is -2.52. The fraction of sp³-hybridized carbons (Fsp3) is 0.941. The van der Waals surface area contributed by atoms with Crippen LogP contribution in [0.25, 0.3) is 0 Å².